The summed E-state index contributed by atoms with van der Waals surface area (Å²) in [6, 6.07) is 3.58. The van der Waals surface area contributed by atoms with Crippen LogP contribution in [0.25, 0.3) is 11.5 Å². The van der Waals surface area contributed by atoms with E-state index in [1.54, 1.807) is 18.3 Å². The van der Waals surface area contributed by atoms with Crippen molar-refractivity contribution in [1.29, 1.82) is 0 Å². The Kier molecular flexibility index (Phi) is 2.21. The van der Waals surface area contributed by atoms with Crippen LogP contribution in [0, 0.1) is 6.92 Å². The highest BCUT2D eigenvalue weighted by molar-refractivity contribution is 5.85. The monoisotopic (exact) mass is 204 g/mol. The molecule has 0 aliphatic rings. The largest absolute Gasteiger partial charge is 0.476 e. The molecule has 5 nitrogen and oxygen atoms in total. The van der Waals surface area contributed by atoms with Gasteiger partial charge in [-0.1, -0.05) is 0 Å². The molecule has 2 aromatic rings. The Bertz CT molecular complexity index is 488. The van der Waals surface area contributed by atoms with Crippen molar-refractivity contribution in [2.75, 3.05) is 0 Å². The first-order chi connectivity index (χ1) is 7.16. The number of oxazole rings is 1. The Morgan fingerprint density at radius 3 is 2.80 bits per heavy atom. The summed E-state index contributed by atoms with van der Waals surface area (Å²) in [7, 11) is 0. The van der Waals surface area contributed by atoms with Crippen LogP contribution < -0.4 is 0 Å². The Labute approximate surface area is 85.4 Å². The van der Waals surface area contributed by atoms with Gasteiger partial charge in [0.25, 0.3) is 0 Å². The van der Waals surface area contributed by atoms with Crippen LogP contribution in [-0.2, 0) is 0 Å². The van der Waals surface area contributed by atoms with E-state index in [-0.39, 0.29) is 11.6 Å². The van der Waals surface area contributed by atoms with E-state index in [0.29, 0.717) is 5.56 Å². The molecular formula is C10H8N2O3. The molecule has 0 atom stereocenters. The summed E-state index contributed by atoms with van der Waals surface area (Å²) >= 11 is 0. The minimum absolute atomic E-state index is 0.106. The maximum Gasteiger partial charge on any atom is 0.357 e. The van der Waals surface area contributed by atoms with Gasteiger partial charge in [-0.3, -0.25) is 4.98 Å². The lowest BCUT2D eigenvalue weighted by Gasteiger charge is -1.94. The van der Waals surface area contributed by atoms with Crippen molar-refractivity contribution in [1.82, 2.24) is 9.97 Å². The molecule has 0 radical (unpaired) electrons. The fourth-order valence-electron chi connectivity index (χ4n) is 1.10. The zero-order valence-corrected chi connectivity index (χ0v) is 7.97. The second-order valence-corrected chi connectivity index (χ2v) is 3.03. The van der Waals surface area contributed by atoms with Gasteiger partial charge in [-0.05, 0) is 19.1 Å². The van der Waals surface area contributed by atoms with Crippen molar-refractivity contribution in [3.05, 3.63) is 36.0 Å². The highest BCUT2D eigenvalue weighted by Crippen LogP contribution is 2.17. The fraction of sp³-hybridized carbons (Fsp3) is 0.100. The smallest absolute Gasteiger partial charge is 0.357 e. The third-order valence-corrected chi connectivity index (χ3v) is 1.88. The zero-order valence-electron chi connectivity index (χ0n) is 7.97. The van der Waals surface area contributed by atoms with Crippen molar-refractivity contribution in [3.8, 4) is 11.5 Å². The molecule has 1 N–H and O–H groups in total. The van der Waals surface area contributed by atoms with Gasteiger partial charge in [0.15, 0.2) is 5.69 Å². The molecule has 0 unspecified atom stereocenters. The van der Waals surface area contributed by atoms with E-state index in [9.17, 15) is 4.79 Å². The predicted octanol–water partition coefficient (Wildman–Crippen LogP) is 1.74. The molecule has 0 aromatic carbocycles. The van der Waals surface area contributed by atoms with Crippen LogP contribution in [0.4, 0.5) is 0 Å². The Hall–Kier alpha value is -2.17. The molecular weight excluding hydrogens is 196 g/mol. The average Bonchev–Trinajstić information content (AvgIpc) is 2.68. The summed E-state index contributed by atoms with van der Waals surface area (Å²) in [4.78, 5) is 18.4. The first kappa shape index (κ1) is 9.39. The second kappa shape index (κ2) is 3.53. The highest BCUT2D eigenvalue weighted by Gasteiger charge is 2.11. The number of rotatable bonds is 2. The number of aromatic nitrogens is 2. The van der Waals surface area contributed by atoms with E-state index in [1.165, 1.54) is 0 Å². The Morgan fingerprint density at radius 1 is 1.47 bits per heavy atom. The minimum Gasteiger partial charge on any atom is -0.476 e. The number of nitrogens with zero attached hydrogens (tertiary/aromatic N) is 2. The number of hydrogen-bond donors (Lipinski definition) is 1. The number of aromatic carboxylic acids is 1. The lowest BCUT2D eigenvalue weighted by Crippen LogP contribution is -1.95. The third kappa shape index (κ3) is 1.85. The van der Waals surface area contributed by atoms with Crippen LogP contribution in [0.5, 0.6) is 0 Å². The molecule has 0 fully saturated rings. The van der Waals surface area contributed by atoms with E-state index < -0.39 is 5.97 Å². The van der Waals surface area contributed by atoms with Gasteiger partial charge in [-0.15, -0.1) is 0 Å². The van der Waals surface area contributed by atoms with Gasteiger partial charge in [0, 0.05) is 11.9 Å². The van der Waals surface area contributed by atoms with Crippen molar-refractivity contribution < 1.29 is 14.3 Å². The summed E-state index contributed by atoms with van der Waals surface area (Å²) in [5, 5.41) is 8.65. The number of hydrogen-bond acceptors (Lipinski definition) is 4. The summed E-state index contributed by atoms with van der Waals surface area (Å²) in [6.45, 7) is 1.86. The summed E-state index contributed by atoms with van der Waals surface area (Å²) in [6.07, 6.45) is 2.70. The standard InChI is InChI=1S/C10H8N2O3/c1-6-2-3-7(4-11-6)9-12-8(5-15-9)10(13)14/h2-5H,1H3,(H,13,14). The predicted molar refractivity (Wildman–Crippen MR) is 51.4 cm³/mol. The molecule has 2 rings (SSSR count). The molecule has 0 bridgehead atoms. The van der Waals surface area contributed by atoms with E-state index in [2.05, 4.69) is 9.97 Å². The van der Waals surface area contributed by atoms with Crippen LogP contribution in [0.2, 0.25) is 0 Å². The van der Waals surface area contributed by atoms with Gasteiger partial charge in [0.05, 0.1) is 5.56 Å². The molecule has 0 spiro atoms. The maximum atomic E-state index is 10.6. The number of pyridine rings is 1. The van der Waals surface area contributed by atoms with Crippen LogP contribution in [0.1, 0.15) is 16.2 Å². The van der Waals surface area contributed by atoms with Crippen LogP contribution in [0.15, 0.2) is 29.0 Å². The van der Waals surface area contributed by atoms with E-state index >= 15 is 0 Å². The van der Waals surface area contributed by atoms with Gasteiger partial charge in [-0.25, -0.2) is 9.78 Å². The number of aryl methyl sites for hydroxylation is 1. The number of carbonyl (C=O) groups is 1. The average molecular weight is 204 g/mol. The molecule has 76 valence electrons. The van der Waals surface area contributed by atoms with Gasteiger partial charge >= 0.3 is 5.97 Å². The molecule has 0 saturated heterocycles. The quantitative estimate of drug-likeness (QED) is 0.806. The lowest BCUT2D eigenvalue weighted by molar-refractivity contribution is 0.0690. The van der Waals surface area contributed by atoms with Crippen molar-refractivity contribution >= 4 is 5.97 Å². The first-order valence-corrected chi connectivity index (χ1v) is 4.28. The van der Waals surface area contributed by atoms with Crippen molar-refractivity contribution in [2.45, 2.75) is 6.92 Å². The molecule has 0 saturated carbocycles. The fourth-order valence-corrected chi connectivity index (χ4v) is 1.10. The zero-order chi connectivity index (χ0) is 10.8. The third-order valence-electron chi connectivity index (χ3n) is 1.88. The van der Waals surface area contributed by atoms with Crippen LogP contribution >= 0.6 is 0 Å². The van der Waals surface area contributed by atoms with E-state index in [0.717, 1.165) is 12.0 Å². The van der Waals surface area contributed by atoms with Crippen molar-refractivity contribution in [3.63, 3.8) is 0 Å². The van der Waals surface area contributed by atoms with Crippen LogP contribution in [-0.4, -0.2) is 21.0 Å². The molecule has 0 aliphatic carbocycles. The Balaban J connectivity index is 2.37. The minimum atomic E-state index is -1.11. The SMILES string of the molecule is Cc1ccc(-c2nc(C(=O)O)co2)cn1. The molecule has 0 amide bonds. The van der Waals surface area contributed by atoms with Gasteiger partial charge in [-0.2, -0.15) is 0 Å². The summed E-state index contributed by atoms with van der Waals surface area (Å²) < 4.78 is 5.02. The van der Waals surface area contributed by atoms with E-state index in [1.807, 2.05) is 6.92 Å². The number of carboxylic acid groups (broad SMARTS) is 1. The van der Waals surface area contributed by atoms with Crippen LogP contribution in [0.3, 0.4) is 0 Å². The number of carboxylic acids is 1. The summed E-state index contributed by atoms with van der Waals surface area (Å²) in [5.74, 6) is -0.843. The molecule has 0 aliphatic heterocycles. The summed E-state index contributed by atoms with van der Waals surface area (Å²) in [5.41, 5.74) is 1.43. The van der Waals surface area contributed by atoms with E-state index in [4.69, 9.17) is 9.52 Å². The van der Waals surface area contributed by atoms with Crippen molar-refractivity contribution in [2.24, 2.45) is 0 Å². The molecule has 2 aromatic heterocycles. The highest BCUT2D eigenvalue weighted by atomic mass is 16.4. The van der Waals surface area contributed by atoms with Gasteiger partial charge in [0.1, 0.15) is 6.26 Å². The molecule has 15 heavy (non-hydrogen) atoms. The lowest BCUT2D eigenvalue weighted by atomic mass is 10.2. The normalized spacial score (nSPS) is 10.2. The van der Waals surface area contributed by atoms with Gasteiger partial charge < -0.3 is 9.52 Å². The maximum absolute atomic E-state index is 10.6. The first-order valence-electron chi connectivity index (χ1n) is 4.28. The molecule has 5 heteroatoms. The Morgan fingerprint density at radius 2 is 2.27 bits per heavy atom. The molecule has 2 heterocycles. The topological polar surface area (TPSA) is 76.2 Å². The van der Waals surface area contributed by atoms with Gasteiger partial charge in [0.2, 0.25) is 5.89 Å². The second-order valence-electron chi connectivity index (χ2n) is 3.03.